The number of rotatable bonds is 57. The number of fused-ring (bicyclic) bond motifs is 5. The lowest BCUT2D eigenvalue weighted by molar-refractivity contribution is -0.184. The first kappa shape index (κ1) is 96.2. The number of carbonyl (C=O) groups is 11. The molecule has 3 fully saturated rings. The maximum absolute atomic E-state index is 15.1. The number of nitrogens with zero attached hydrogens (tertiary/aromatic N) is 7. The fourth-order valence-corrected chi connectivity index (χ4v) is 18.1. The number of esters is 1. The van der Waals surface area contributed by atoms with Gasteiger partial charge in [-0.05, 0) is 158 Å². The molecule has 0 radical (unpaired) electrons. The van der Waals surface area contributed by atoms with Crippen LogP contribution in [0.4, 0.5) is 0 Å². The number of thioether (sulfide) groups is 1. The predicted molar refractivity (Wildman–Crippen MR) is 436 cm³/mol. The van der Waals surface area contributed by atoms with Crippen molar-refractivity contribution >= 4 is 117 Å². The quantitative estimate of drug-likeness (QED) is 0.0159. The SMILES string of the molecule is C[C@@H](CSCC(=O)OCC(=O)[C@@]1(O)CC[C@H]2[C@@H]3CCC4=CC(=O)CC[C@]4(C)[C@H]3[C@@H](O)C[C@@]21C)C(=O)C[C@H](CCCN=C(N)N)C(=O)C[C@H](CCCN=C(N)N)C(=O)C[C@H](CCCN=C(N)N)C(=O)C[C@H](CCCN=C(N)N)C(=O)C[C@H](CCCN=C(N)N)C(=O)C[C@H](CCCN=C(N)N)C(=O)C[C@H](CCCN=C(N)N)C(N)=O. The summed E-state index contributed by atoms with van der Waals surface area (Å²) >= 11 is 1.08. The van der Waals surface area contributed by atoms with Gasteiger partial charge in [-0.15, -0.1) is 11.8 Å². The number of ether oxygens (including phenoxy) is 1. The van der Waals surface area contributed by atoms with Crippen molar-refractivity contribution < 1.29 is 67.7 Å². The van der Waals surface area contributed by atoms with Crippen LogP contribution in [0.25, 0.3) is 0 Å². The van der Waals surface area contributed by atoms with Crippen molar-refractivity contribution in [2.45, 2.75) is 212 Å². The van der Waals surface area contributed by atoms with Crippen LogP contribution in [0, 0.1) is 75.9 Å². The molecule has 37 heteroatoms. The van der Waals surface area contributed by atoms with Gasteiger partial charge in [0.2, 0.25) is 11.7 Å². The van der Waals surface area contributed by atoms with Crippen molar-refractivity contribution in [3.63, 3.8) is 0 Å². The Hall–Kier alpha value is -9.13. The first-order chi connectivity index (χ1) is 53.2. The van der Waals surface area contributed by atoms with Crippen molar-refractivity contribution in [1.82, 2.24) is 0 Å². The van der Waals surface area contributed by atoms with Crippen molar-refractivity contribution in [2.75, 3.05) is 63.9 Å². The van der Waals surface area contributed by atoms with Crippen LogP contribution in [0.3, 0.4) is 0 Å². The zero-order valence-corrected chi connectivity index (χ0v) is 67.2. The molecule has 36 nitrogen and oxygen atoms in total. The molecule has 4 aliphatic rings. The van der Waals surface area contributed by atoms with E-state index in [0.29, 0.717) is 32.1 Å². The van der Waals surface area contributed by atoms with Crippen LogP contribution in [0.5, 0.6) is 0 Å². The summed E-state index contributed by atoms with van der Waals surface area (Å²) in [6.07, 6.45) is 3.91. The van der Waals surface area contributed by atoms with E-state index in [4.69, 9.17) is 90.7 Å². The summed E-state index contributed by atoms with van der Waals surface area (Å²) in [6.45, 7) is 5.54. The third-order valence-electron chi connectivity index (χ3n) is 23.3. The van der Waals surface area contributed by atoms with Crippen LogP contribution < -0.4 is 86.0 Å². The number of aliphatic hydroxyl groups is 2. The number of aliphatic imine (C=N–C) groups is 7. The number of hydrogen-bond donors (Lipinski definition) is 17. The Morgan fingerprint density at radius 1 is 0.469 bits per heavy atom. The lowest BCUT2D eigenvalue weighted by Gasteiger charge is -2.60. The second-order valence-electron chi connectivity index (χ2n) is 31.6. The van der Waals surface area contributed by atoms with Crippen LogP contribution in [-0.2, 0) is 57.5 Å². The largest absolute Gasteiger partial charge is 0.457 e. The van der Waals surface area contributed by atoms with Gasteiger partial charge in [0.1, 0.15) is 46.1 Å². The van der Waals surface area contributed by atoms with E-state index in [0.717, 1.165) is 23.8 Å². The lowest BCUT2D eigenvalue weighted by Crippen LogP contribution is -2.62. The number of allylic oxidation sites excluding steroid dienone is 1. The predicted octanol–water partition coefficient (Wildman–Crippen LogP) is -0.410. The van der Waals surface area contributed by atoms with E-state index in [9.17, 15) is 48.6 Å². The van der Waals surface area contributed by atoms with Gasteiger partial charge in [0.25, 0.3) is 0 Å². The number of hydrogen-bond acceptors (Lipinski definition) is 22. The molecule has 15 atom stereocenters. The summed E-state index contributed by atoms with van der Waals surface area (Å²) < 4.78 is 5.48. The van der Waals surface area contributed by atoms with E-state index in [1.54, 1.807) is 13.0 Å². The van der Waals surface area contributed by atoms with Crippen molar-refractivity contribution in [3.8, 4) is 0 Å². The molecule has 0 heterocycles. The summed E-state index contributed by atoms with van der Waals surface area (Å²) in [5.74, 6) is -14.9. The second kappa shape index (κ2) is 47.5. The number of amides is 1. The molecular formula is C76H130N22O14S. The minimum atomic E-state index is -1.86. The molecule has 0 aromatic carbocycles. The topological polar surface area (TPSA) is 714 Å². The summed E-state index contributed by atoms with van der Waals surface area (Å²) in [7, 11) is 0. The third-order valence-corrected chi connectivity index (χ3v) is 24.5. The highest BCUT2D eigenvalue weighted by Gasteiger charge is 2.68. The van der Waals surface area contributed by atoms with Gasteiger partial charge in [-0.1, -0.05) is 26.3 Å². The number of primary amides is 1. The second-order valence-corrected chi connectivity index (χ2v) is 32.6. The molecule has 0 saturated heterocycles. The maximum Gasteiger partial charge on any atom is 0.316 e. The van der Waals surface area contributed by atoms with Crippen LogP contribution in [0.1, 0.15) is 201 Å². The van der Waals surface area contributed by atoms with Crippen LogP contribution in [0.2, 0.25) is 0 Å². The van der Waals surface area contributed by atoms with Crippen LogP contribution in [-0.4, -0.2) is 191 Å². The maximum atomic E-state index is 15.1. The van der Waals surface area contributed by atoms with Crippen molar-refractivity contribution in [1.29, 1.82) is 0 Å². The summed E-state index contributed by atoms with van der Waals surface area (Å²) in [5, 5.41) is 24.1. The number of Topliss-reactive ketones (excluding diaryl/α,β-unsaturated/α-hetero) is 8. The molecule has 0 aromatic rings. The van der Waals surface area contributed by atoms with Gasteiger partial charge in [-0.25, -0.2) is 0 Å². The van der Waals surface area contributed by atoms with E-state index >= 15 is 14.4 Å². The molecule has 0 aliphatic heterocycles. The first-order valence-electron chi connectivity index (χ1n) is 39.5. The summed E-state index contributed by atoms with van der Waals surface area (Å²) in [6, 6.07) is 0. The number of guanidine groups is 7. The molecular weight excluding hydrogens is 1480 g/mol. The van der Waals surface area contributed by atoms with Crippen LogP contribution >= 0.6 is 11.8 Å². The number of ketones is 9. The highest BCUT2D eigenvalue weighted by Crippen LogP contribution is 2.67. The molecule has 32 N–H and O–H groups in total. The van der Waals surface area contributed by atoms with Crippen LogP contribution in [0.15, 0.2) is 46.6 Å². The molecule has 1 amide bonds. The molecule has 634 valence electrons. The molecule has 0 aromatic heterocycles. The minimum absolute atomic E-state index is 0.0154. The molecule has 113 heavy (non-hydrogen) atoms. The molecule has 4 rings (SSSR count). The van der Waals surface area contributed by atoms with E-state index in [1.807, 2.05) is 6.92 Å². The average molecular weight is 1610 g/mol. The number of carbonyl (C=O) groups excluding carboxylic acids is 11. The summed E-state index contributed by atoms with van der Waals surface area (Å²) in [4.78, 5) is 184. The van der Waals surface area contributed by atoms with E-state index in [1.165, 1.54) is 0 Å². The normalized spacial score (nSPS) is 22.3. The Morgan fingerprint density at radius 3 is 1.12 bits per heavy atom. The van der Waals surface area contributed by atoms with E-state index in [-0.39, 0.29) is 256 Å². The fourth-order valence-electron chi connectivity index (χ4n) is 17.2. The van der Waals surface area contributed by atoms with Gasteiger partial charge in [0, 0.05) is 156 Å². The minimum Gasteiger partial charge on any atom is -0.457 e. The summed E-state index contributed by atoms with van der Waals surface area (Å²) in [5.41, 5.74) is 82.4. The highest BCUT2D eigenvalue weighted by molar-refractivity contribution is 7.99. The average Bonchev–Trinajstić information content (AvgIpc) is 1.58. The van der Waals surface area contributed by atoms with Gasteiger partial charge >= 0.3 is 5.97 Å². The Morgan fingerprint density at radius 2 is 0.788 bits per heavy atom. The third kappa shape index (κ3) is 31.6. The van der Waals surface area contributed by atoms with Gasteiger partial charge in [-0.3, -0.25) is 87.7 Å². The fraction of sp³-hybridized carbons (Fsp3) is 0.737. The standard InChI is InChI=1S/C76H130N22O14S/c1-43(41-113-42-64(109)112-40-63(108)76(111)23-21-54-53-19-18-51-38-52(99)20-22-74(51,2)65(53)62(107)39-75(54,76)3)55(100)31-44(11-4-24-92-67(78)79)56(101)32-45(12-5-25-93-68(80)81)57(102)33-46(13-6-26-94-69(82)83)58(103)34-47(14-7-27-95-70(84)85)59(104)35-48(15-8-28-96-71(86)87)60(105)36-49(16-9-29-97-72(88)89)61(106)37-50(66(77)110)17-10-30-98-73(90)91/h38,43-50,53-54,62,65,107,111H,4-37,39-42H2,1-3H3,(H2,77,110)(H4,78,79,92)(H4,80,81,93)(H4,82,83,94)(H4,84,85,95)(H4,86,87,96)(H4,88,89,97)(H4,90,91,98)/t43-,44-,45-,46-,47-,48-,49-,50-,53-,54-,62-,65+,74-,75-,76-/m0/s1. The Balaban J connectivity index is 1.57. The Labute approximate surface area is 666 Å². The zero-order chi connectivity index (χ0) is 84.3. The number of nitrogens with two attached hydrogens (primary N) is 15. The van der Waals surface area contributed by atoms with Gasteiger partial charge in [0.15, 0.2) is 54.1 Å². The lowest BCUT2D eigenvalue weighted by atomic mass is 9.45. The Bertz CT molecular complexity index is 3520. The van der Waals surface area contributed by atoms with Gasteiger partial charge in [0.05, 0.1) is 11.9 Å². The van der Waals surface area contributed by atoms with Gasteiger partial charge < -0.3 is 101 Å². The van der Waals surface area contributed by atoms with Gasteiger partial charge in [-0.2, -0.15) is 0 Å². The molecule has 0 unspecified atom stereocenters. The van der Waals surface area contributed by atoms with E-state index < -0.39 is 143 Å². The highest BCUT2D eigenvalue weighted by atomic mass is 32.2. The zero-order valence-electron chi connectivity index (χ0n) is 66.4. The smallest absolute Gasteiger partial charge is 0.316 e. The molecule has 0 bridgehead atoms. The Kier molecular flexibility index (Phi) is 40.5. The molecule has 4 aliphatic carbocycles. The number of aliphatic hydroxyl groups excluding tert-OH is 1. The van der Waals surface area contributed by atoms with Crippen molar-refractivity contribution in [2.24, 2.45) is 197 Å². The monoisotopic (exact) mass is 1610 g/mol. The molecule has 0 spiro atoms. The van der Waals surface area contributed by atoms with E-state index in [2.05, 4.69) is 41.9 Å². The molecule has 3 saturated carbocycles. The first-order valence-corrected chi connectivity index (χ1v) is 40.7. The van der Waals surface area contributed by atoms with Crippen molar-refractivity contribution in [3.05, 3.63) is 11.6 Å².